The van der Waals surface area contributed by atoms with Gasteiger partial charge in [0.1, 0.15) is 11.6 Å². The predicted octanol–water partition coefficient (Wildman–Crippen LogP) is 1.93. The lowest BCUT2D eigenvalue weighted by Crippen LogP contribution is -2.25. The molecule has 25 heavy (non-hydrogen) atoms. The van der Waals surface area contributed by atoms with Crippen LogP contribution in [0.25, 0.3) is 0 Å². The molecule has 1 saturated heterocycles. The first-order chi connectivity index (χ1) is 12.2. The smallest absolute Gasteiger partial charge is 0.259 e. The molecule has 0 bridgehead atoms. The number of anilines is 3. The second kappa shape index (κ2) is 6.30. The summed E-state index contributed by atoms with van der Waals surface area (Å²) in [6.45, 7) is 3.54. The van der Waals surface area contributed by atoms with Crippen LogP contribution >= 0.6 is 0 Å². The van der Waals surface area contributed by atoms with Crippen molar-refractivity contribution < 1.29 is 14.3 Å². The van der Waals surface area contributed by atoms with E-state index in [1.54, 1.807) is 23.2 Å². The van der Waals surface area contributed by atoms with Crippen LogP contribution in [0.15, 0.2) is 29.2 Å². The monoisotopic (exact) mass is 342 g/mol. The zero-order valence-electron chi connectivity index (χ0n) is 13.7. The third-order valence-corrected chi connectivity index (χ3v) is 4.25. The molecule has 2 aromatic heterocycles. The maximum atomic E-state index is 12.7. The maximum absolute atomic E-state index is 12.7. The minimum atomic E-state index is -0.682. The van der Waals surface area contributed by atoms with E-state index in [-0.39, 0.29) is 11.5 Å². The first kappa shape index (κ1) is 15.8. The Labute approximate surface area is 143 Å². The Bertz CT molecular complexity index is 873. The summed E-state index contributed by atoms with van der Waals surface area (Å²) in [6.07, 6.45) is 1.73. The lowest BCUT2D eigenvalue weighted by molar-refractivity contribution is -0.182. The van der Waals surface area contributed by atoms with Crippen molar-refractivity contribution in [3.05, 3.63) is 45.9 Å². The number of nitrogens with one attached hydrogen (secondary N) is 2. The molecule has 0 atom stereocenters. The van der Waals surface area contributed by atoms with Crippen LogP contribution in [-0.4, -0.2) is 35.6 Å². The van der Waals surface area contributed by atoms with E-state index in [0.717, 1.165) is 6.42 Å². The number of carbonyl (C=O) groups excluding carboxylic acids is 1. The maximum Gasteiger partial charge on any atom is 0.259 e. The molecule has 8 nitrogen and oxygen atoms in total. The largest absolute Gasteiger partial charge is 0.348 e. The van der Waals surface area contributed by atoms with E-state index in [1.165, 1.54) is 6.07 Å². The van der Waals surface area contributed by atoms with Crippen molar-refractivity contribution in [3.8, 4) is 0 Å². The van der Waals surface area contributed by atoms with Crippen LogP contribution in [0.3, 0.4) is 0 Å². The van der Waals surface area contributed by atoms with E-state index in [2.05, 4.69) is 15.3 Å². The lowest BCUT2D eigenvalue weighted by Gasteiger charge is -2.27. The van der Waals surface area contributed by atoms with E-state index in [9.17, 15) is 9.59 Å². The Morgan fingerprint density at radius 2 is 2.12 bits per heavy atom. The summed E-state index contributed by atoms with van der Waals surface area (Å²) in [4.78, 5) is 33.9. The molecular weight excluding hydrogens is 324 g/mol. The van der Waals surface area contributed by atoms with Gasteiger partial charge in [-0.25, -0.2) is 4.98 Å². The summed E-state index contributed by atoms with van der Waals surface area (Å²) >= 11 is 0. The Kier molecular flexibility index (Phi) is 3.98. The Balaban J connectivity index is 1.92. The van der Waals surface area contributed by atoms with Gasteiger partial charge in [0.15, 0.2) is 6.29 Å². The second-order valence-corrected chi connectivity index (χ2v) is 5.81. The predicted molar refractivity (Wildman–Crippen MR) is 91.2 cm³/mol. The highest BCUT2D eigenvalue weighted by atomic mass is 16.7. The molecule has 0 saturated carbocycles. The van der Waals surface area contributed by atoms with Crippen LogP contribution in [0.5, 0.6) is 0 Å². The number of pyridine rings is 2. The van der Waals surface area contributed by atoms with Gasteiger partial charge in [-0.3, -0.25) is 9.59 Å². The fourth-order valence-electron chi connectivity index (χ4n) is 3.14. The molecule has 2 N–H and O–H groups in total. The number of aromatic amines is 1. The highest BCUT2D eigenvalue weighted by molar-refractivity contribution is 6.11. The van der Waals surface area contributed by atoms with E-state index in [0.29, 0.717) is 48.2 Å². The Morgan fingerprint density at radius 3 is 2.88 bits per heavy atom. The van der Waals surface area contributed by atoms with Gasteiger partial charge >= 0.3 is 0 Å². The van der Waals surface area contributed by atoms with Gasteiger partial charge in [-0.15, -0.1) is 0 Å². The van der Waals surface area contributed by atoms with Crippen molar-refractivity contribution in [1.82, 2.24) is 9.97 Å². The third-order valence-electron chi connectivity index (χ3n) is 4.25. The molecule has 2 aromatic rings. The van der Waals surface area contributed by atoms with Crippen molar-refractivity contribution >= 4 is 23.2 Å². The first-order valence-corrected chi connectivity index (χ1v) is 8.23. The van der Waals surface area contributed by atoms with E-state index < -0.39 is 6.29 Å². The van der Waals surface area contributed by atoms with Crippen molar-refractivity contribution in [2.45, 2.75) is 19.6 Å². The number of hydrogen-bond donors (Lipinski definition) is 2. The summed E-state index contributed by atoms with van der Waals surface area (Å²) in [5.74, 6) is 0.692. The van der Waals surface area contributed by atoms with Crippen LogP contribution in [0.4, 0.5) is 17.3 Å². The number of carbonyl (C=O) groups is 1. The van der Waals surface area contributed by atoms with E-state index in [1.807, 2.05) is 6.92 Å². The van der Waals surface area contributed by atoms with Crippen LogP contribution in [0.1, 0.15) is 35.6 Å². The average molecular weight is 342 g/mol. The number of nitrogens with zero attached hydrogens (tertiary/aromatic N) is 2. The summed E-state index contributed by atoms with van der Waals surface area (Å²) in [6, 6.07) is 4.82. The van der Waals surface area contributed by atoms with Crippen molar-refractivity contribution in [2.24, 2.45) is 0 Å². The van der Waals surface area contributed by atoms with Crippen molar-refractivity contribution in [1.29, 1.82) is 0 Å². The molecule has 4 rings (SSSR count). The molecule has 0 spiro atoms. The first-order valence-electron chi connectivity index (χ1n) is 8.23. The standard InChI is InChI=1S/C17H18N4O4/c1-2-21-14-10(5-3-6-18-14)16(23)20-13-11(9-12(22)19-15(13)21)17-24-7-4-8-25-17/h3,5-6,9,17H,2,4,7-8H2,1H3,(H,19,22)(H,20,23). The van der Waals surface area contributed by atoms with E-state index in [4.69, 9.17) is 9.47 Å². The number of amides is 1. The van der Waals surface area contributed by atoms with Gasteiger partial charge < -0.3 is 24.7 Å². The molecule has 4 heterocycles. The molecule has 0 aliphatic carbocycles. The highest BCUT2D eigenvalue weighted by Crippen LogP contribution is 2.39. The molecule has 130 valence electrons. The van der Waals surface area contributed by atoms with Gasteiger partial charge in [-0.05, 0) is 25.5 Å². The van der Waals surface area contributed by atoms with Crippen molar-refractivity contribution in [3.63, 3.8) is 0 Å². The minimum Gasteiger partial charge on any atom is -0.348 e. The van der Waals surface area contributed by atoms with Crippen molar-refractivity contribution in [2.75, 3.05) is 30.0 Å². The quantitative estimate of drug-likeness (QED) is 0.866. The Hall–Kier alpha value is -2.71. The number of fused-ring (bicyclic) bond motifs is 2. The fourth-order valence-corrected chi connectivity index (χ4v) is 3.14. The molecule has 0 aromatic carbocycles. The van der Waals surface area contributed by atoms with Crippen LogP contribution in [-0.2, 0) is 9.47 Å². The fraction of sp³-hybridized carbons (Fsp3) is 0.353. The topological polar surface area (TPSA) is 96.6 Å². The summed E-state index contributed by atoms with van der Waals surface area (Å²) < 4.78 is 11.3. The average Bonchev–Trinajstić information content (AvgIpc) is 2.76. The number of hydrogen-bond acceptors (Lipinski definition) is 6. The van der Waals surface area contributed by atoms with Crippen LogP contribution in [0.2, 0.25) is 0 Å². The van der Waals surface area contributed by atoms with Gasteiger partial charge in [0, 0.05) is 24.4 Å². The summed E-state index contributed by atoms with van der Waals surface area (Å²) in [5, 5.41) is 2.89. The molecular formula is C17H18N4O4. The third kappa shape index (κ3) is 2.69. The molecule has 1 amide bonds. The zero-order chi connectivity index (χ0) is 17.4. The number of rotatable bonds is 2. The molecule has 2 aliphatic heterocycles. The van der Waals surface area contributed by atoms with E-state index >= 15 is 0 Å². The van der Waals surface area contributed by atoms with Gasteiger partial charge in [0.2, 0.25) is 5.56 Å². The molecule has 8 heteroatoms. The number of aromatic nitrogens is 2. The normalized spacial score (nSPS) is 17.5. The summed E-state index contributed by atoms with van der Waals surface area (Å²) in [5.41, 5.74) is 1.14. The second-order valence-electron chi connectivity index (χ2n) is 5.81. The lowest BCUT2D eigenvalue weighted by atomic mass is 10.1. The van der Waals surface area contributed by atoms with Gasteiger partial charge in [-0.1, -0.05) is 0 Å². The minimum absolute atomic E-state index is 0.288. The molecule has 2 aliphatic rings. The van der Waals surface area contributed by atoms with Gasteiger partial charge in [0.25, 0.3) is 5.91 Å². The Morgan fingerprint density at radius 1 is 1.32 bits per heavy atom. The van der Waals surface area contributed by atoms with Gasteiger partial charge in [0.05, 0.1) is 24.5 Å². The number of H-pyrrole nitrogens is 1. The number of ether oxygens (including phenoxy) is 2. The SMILES string of the molecule is CCN1c2ncccc2C(=O)Nc2c(C3OCCCO3)cc(=O)[nH]c21. The van der Waals surface area contributed by atoms with Gasteiger partial charge in [-0.2, -0.15) is 0 Å². The molecule has 0 unspecified atom stereocenters. The molecule has 0 radical (unpaired) electrons. The van der Waals surface area contributed by atoms with Crippen LogP contribution < -0.4 is 15.8 Å². The zero-order valence-corrected chi connectivity index (χ0v) is 13.7. The van der Waals surface area contributed by atoms with Crippen LogP contribution in [0, 0.1) is 0 Å². The molecule has 1 fully saturated rings. The highest BCUT2D eigenvalue weighted by Gasteiger charge is 2.31. The summed E-state index contributed by atoms with van der Waals surface area (Å²) in [7, 11) is 0.